The molecule has 2 nitrogen and oxygen atoms in total. The summed E-state index contributed by atoms with van der Waals surface area (Å²) >= 11 is 8.27. The minimum absolute atomic E-state index is 0.0826. The predicted octanol–water partition coefficient (Wildman–Crippen LogP) is 3.78. The summed E-state index contributed by atoms with van der Waals surface area (Å²) in [6.45, 7) is 0. The van der Waals surface area contributed by atoms with E-state index >= 15 is 0 Å². The Bertz CT molecular complexity index is 315. The van der Waals surface area contributed by atoms with Crippen LogP contribution in [0.2, 0.25) is 0 Å². The molecule has 1 heterocycles. The average Bonchev–Trinajstić information content (AvgIpc) is 1.78. The average molecular weight is 385 g/mol. The van der Waals surface area contributed by atoms with Crippen LogP contribution in [0.15, 0.2) is 13.9 Å². The lowest BCUT2D eigenvalue weighted by molar-refractivity contribution is -0.139. The molecular formula is C5Br3F3N2. The quantitative estimate of drug-likeness (QED) is 0.502. The molecular weight excluding hydrogens is 385 g/mol. The summed E-state index contributed by atoms with van der Waals surface area (Å²) in [7, 11) is 0. The monoisotopic (exact) mass is 382 g/mol. The summed E-state index contributed by atoms with van der Waals surface area (Å²) in [6, 6.07) is 0. The molecule has 0 fully saturated rings. The van der Waals surface area contributed by atoms with Crippen LogP contribution >= 0.6 is 47.8 Å². The fraction of sp³-hybridized carbons (Fsp3) is 0.200. The minimum Gasteiger partial charge on any atom is -0.214 e. The van der Waals surface area contributed by atoms with Gasteiger partial charge < -0.3 is 0 Å². The summed E-state index contributed by atoms with van der Waals surface area (Å²) in [5.41, 5.74) is -0.921. The SMILES string of the molecule is FC(F)(F)c1c(Br)nc(Br)nc1Br. The second-order valence-electron chi connectivity index (χ2n) is 1.95. The van der Waals surface area contributed by atoms with Crippen LogP contribution in [0.3, 0.4) is 0 Å². The molecule has 0 aliphatic carbocycles. The minimum atomic E-state index is -4.47. The Morgan fingerprint density at radius 2 is 1.31 bits per heavy atom. The number of aromatic nitrogens is 2. The topological polar surface area (TPSA) is 25.8 Å². The van der Waals surface area contributed by atoms with Crippen molar-refractivity contribution < 1.29 is 13.2 Å². The lowest BCUT2D eigenvalue weighted by Gasteiger charge is -2.09. The summed E-state index contributed by atoms with van der Waals surface area (Å²) < 4.78 is 36.3. The Morgan fingerprint density at radius 1 is 0.923 bits per heavy atom. The van der Waals surface area contributed by atoms with E-state index in [1.807, 2.05) is 0 Å². The highest BCUT2D eigenvalue weighted by Crippen LogP contribution is 2.38. The van der Waals surface area contributed by atoms with Gasteiger partial charge >= 0.3 is 6.18 Å². The smallest absolute Gasteiger partial charge is 0.214 e. The van der Waals surface area contributed by atoms with Crippen LogP contribution in [0.25, 0.3) is 0 Å². The zero-order chi connectivity index (χ0) is 10.2. The molecule has 1 rings (SSSR count). The first-order valence-corrected chi connectivity index (χ1v) is 5.16. The van der Waals surface area contributed by atoms with Crippen LogP contribution in [-0.4, -0.2) is 9.97 Å². The molecule has 0 bridgehead atoms. The van der Waals surface area contributed by atoms with Crippen molar-refractivity contribution in [1.29, 1.82) is 0 Å². The van der Waals surface area contributed by atoms with Crippen LogP contribution in [0, 0.1) is 0 Å². The molecule has 8 heteroatoms. The molecule has 0 unspecified atom stereocenters. The second kappa shape index (κ2) is 3.82. The van der Waals surface area contributed by atoms with Crippen LogP contribution in [0.5, 0.6) is 0 Å². The van der Waals surface area contributed by atoms with Crippen molar-refractivity contribution in [2.45, 2.75) is 6.18 Å². The molecule has 0 saturated heterocycles. The Labute approximate surface area is 96.3 Å². The van der Waals surface area contributed by atoms with Gasteiger partial charge in [-0.25, -0.2) is 9.97 Å². The number of hydrogen-bond acceptors (Lipinski definition) is 2. The first kappa shape index (κ1) is 11.4. The highest BCUT2D eigenvalue weighted by atomic mass is 79.9. The molecule has 72 valence electrons. The molecule has 0 radical (unpaired) electrons. The van der Waals surface area contributed by atoms with Gasteiger partial charge in [0.1, 0.15) is 14.8 Å². The molecule has 0 amide bonds. The van der Waals surface area contributed by atoms with Gasteiger partial charge in [0.25, 0.3) is 0 Å². The van der Waals surface area contributed by atoms with Gasteiger partial charge in [0.2, 0.25) is 0 Å². The van der Waals surface area contributed by atoms with Crippen LogP contribution in [0.1, 0.15) is 5.56 Å². The molecule has 0 atom stereocenters. The summed E-state index contributed by atoms with van der Waals surface area (Å²) in [4.78, 5) is 6.95. The highest BCUT2D eigenvalue weighted by Gasteiger charge is 2.37. The van der Waals surface area contributed by atoms with Crippen LogP contribution in [-0.2, 0) is 6.18 Å². The highest BCUT2D eigenvalue weighted by molar-refractivity contribution is 9.11. The van der Waals surface area contributed by atoms with E-state index in [0.717, 1.165) is 0 Å². The lowest BCUT2D eigenvalue weighted by atomic mass is 10.3. The lowest BCUT2D eigenvalue weighted by Crippen LogP contribution is -2.09. The Morgan fingerprint density at radius 3 is 1.62 bits per heavy atom. The van der Waals surface area contributed by atoms with Crippen LogP contribution in [0.4, 0.5) is 13.2 Å². The summed E-state index contributed by atoms with van der Waals surface area (Å²) in [6.07, 6.45) is -4.47. The van der Waals surface area contributed by atoms with Crippen molar-refractivity contribution in [2.75, 3.05) is 0 Å². The van der Waals surface area contributed by atoms with Gasteiger partial charge in [-0.3, -0.25) is 0 Å². The number of rotatable bonds is 0. The summed E-state index contributed by atoms with van der Waals surface area (Å²) in [5, 5.41) is 0. The molecule has 1 aromatic rings. The standard InChI is InChI=1S/C5Br3F3N2/c6-2-1(5(9,10)11)3(7)13-4(8)12-2. The van der Waals surface area contributed by atoms with Crippen molar-refractivity contribution in [3.63, 3.8) is 0 Å². The van der Waals surface area contributed by atoms with E-state index in [1.165, 1.54) is 0 Å². The van der Waals surface area contributed by atoms with E-state index in [9.17, 15) is 13.2 Å². The number of halogens is 6. The normalized spacial score (nSPS) is 11.8. The third-order valence-corrected chi connectivity index (χ3v) is 2.58. The molecule has 0 saturated carbocycles. The van der Waals surface area contributed by atoms with Crippen molar-refractivity contribution in [3.8, 4) is 0 Å². The van der Waals surface area contributed by atoms with Gasteiger partial charge in [0.05, 0.1) is 0 Å². The van der Waals surface area contributed by atoms with Crippen molar-refractivity contribution in [1.82, 2.24) is 9.97 Å². The third kappa shape index (κ3) is 2.63. The molecule has 1 aromatic heterocycles. The van der Waals surface area contributed by atoms with E-state index in [2.05, 4.69) is 57.8 Å². The first-order valence-electron chi connectivity index (χ1n) is 2.78. The summed E-state index contributed by atoms with van der Waals surface area (Å²) in [5.74, 6) is 0. The van der Waals surface area contributed by atoms with Gasteiger partial charge in [0, 0.05) is 0 Å². The van der Waals surface area contributed by atoms with Crippen molar-refractivity contribution in [3.05, 3.63) is 19.5 Å². The van der Waals surface area contributed by atoms with Crippen molar-refractivity contribution in [2.24, 2.45) is 0 Å². The van der Waals surface area contributed by atoms with Gasteiger partial charge in [0.15, 0.2) is 4.73 Å². The van der Waals surface area contributed by atoms with E-state index in [0.29, 0.717) is 0 Å². The molecule has 0 aliphatic heterocycles. The molecule has 13 heavy (non-hydrogen) atoms. The third-order valence-electron chi connectivity index (χ3n) is 1.08. The van der Waals surface area contributed by atoms with Gasteiger partial charge in [-0.15, -0.1) is 0 Å². The Kier molecular flexibility index (Phi) is 3.34. The number of alkyl halides is 3. The molecule has 0 aliphatic rings. The predicted molar refractivity (Wildman–Crippen MR) is 50.1 cm³/mol. The maximum absolute atomic E-state index is 12.3. The second-order valence-corrected chi connectivity index (χ2v) is 4.16. The Balaban J connectivity index is 3.38. The van der Waals surface area contributed by atoms with Crippen LogP contribution < -0.4 is 0 Å². The molecule has 0 spiro atoms. The zero-order valence-corrected chi connectivity index (χ0v) is 10.4. The molecule has 0 N–H and O–H groups in total. The van der Waals surface area contributed by atoms with Crippen molar-refractivity contribution >= 4 is 47.8 Å². The maximum Gasteiger partial charge on any atom is 0.421 e. The fourth-order valence-electron chi connectivity index (χ4n) is 0.618. The number of hydrogen-bond donors (Lipinski definition) is 0. The van der Waals surface area contributed by atoms with E-state index in [4.69, 9.17) is 0 Å². The number of nitrogens with zero attached hydrogens (tertiary/aromatic N) is 2. The largest absolute Gasteiger partial charge is 0.421 e. The maximum atomic E-state index is 12.3. The zero-order valence-electron chi connectivity index (χ0n) is 5.66. The molecule has 0 aromatic carbocycles. The fourth-order valence-corrected chi connectivity index (χ4v) is 2.88. The van der Waals surface area contributed by atoms with Gasteiger partial charge in [-0.05, 0) is 47.8 Å². The van der Waals surface area contributed by atoms with Gasteiger partial charge in [-0.2, -0.15) is 13.2 Å². The van der Waals surface area contributed by atoms with E-state index in [-0.39, 0.29) is 13.9 Å². The Hall–Kier alpha value is 0.310. The van der Waals surface area contributed by atoms with E-state index in [1.54, 1.807) is 0 Å². The first-order chi connectivity index (χ1) is 5.82. The van der Waals surface area contributed by atoms with Gasteiger partial charge in [-0.1, -0.05) is 0 Å². The van der Waals surface area contributed by atoms with E-state index < -0.39 is 11.7 Å².